The Kier molecular flexibility index (Phi) is 4.35. The number of Topliss-reactive ketones (excluding diaryl/α,β-unsaturated/α-hetero) is 1. The van der Waals surface area contributed by atoms with Gasteiger partial charge in [0.05, 0.1) is 12.0 Å². The molecule has 1 saturated carbocycles. The maximum atomic E-state index is 12.3. The van der Waals surface area contributed by atoms with E-state index in [-0.39, 0.29) is 17.5 Å². The Morgan fingerprint density at radius 2 is 2.00 bits per heavy atom. The number of halogens is 2. The Hall–Kier alpha value is -1.76. The minimum atomic E-state index is -0.662. The summed E-state index contributed by atoms with van der Waals surface area (Å²) < 4.78 is 9.99. The highest BCUT2D eigenvalue weighted by Gasteiger charge is 2.52. The van der Waals surface area contributed by atoms with Crippen LogP contribution in [0.1, 0.15) is 28.3 Å². The molecule has 128 valence electrons. The van der Waals surface area contributed by atoms with Crippen LogP contribution in [0.25, 0.3) is 11.7 Å². The van der Waals surface area contributed by atoms with E-state index < -0.39 is 4.33 Å². The van der Waals surface area contributed by atoms with E-state index >= 15 is 0 Å². The number of hydrogen-bond acceptors (Lipinski definition) is 6. The van der Waals surface area contributed by atoms with Gasteiger partial charge in [0.1, 0.15) is 4.33 Å². The van der Waals surface area contributed by atoms with Gasteiger partial charge in [-0.15, -0.1) is 33.4 Å². The molecule has 0 aliphatic heterocycles. The summed E-state index contributed by atoms with van der Waals surface area (Å²) in [7, 11) is 0. The molecule has 3 aromatic rings. The van der Waals surface area contributed by atoms with Crippen molar-refractivity contribution in [3.8, 4) is 11.7 Å². The SMILES string of the molecule is O=C(CSc1nnc(-c2ccco2)o1)c1ccc([C@H]2CC2(Cl)Cl)cc1. The van der Waals surface area contributed by atoms with Crippen molar-refractivity contribution in [1.82, 2.24) is 10.2 Å². The topological polar surface area (TPSA) is 69.1 Å². The van der Waals surface area contributed by atoms with Gasteiger partial charge in [0.2, 0.25) is 0 Å². The van der Waals surface area contributed by atoms with Crippen molar-refractivity contribution >= 4 is 40.7 Å². The van der Waals surface area contributed by atoms with Crippen LogP contribution in [0.15, 0.2) is 56.7 Å². The molecule has 1 aliphatic carbocycles. The minimum Gasteiger partial charge on any atom is -0.459 e. The molecule has 5 nitrogen and oxygen atoms in total. The van der Waals surface area contributed by atoms with Crippen molar-refractivity contribution in [2.45, 2.75) is 21.9 Å². The molecule has 2 heterocycles. The number of thioether (sulfide) groups is 1. The van der Waals surface area contributed by atoms with Crippen LogP contribution in [0.2, 0.25) is 0 Å². The number of furan rings is 1. The van der Waals surface area contributed by atoms with Gasteiger partial charge in [-0.1, -0.05) is 36.0 Å². The van der Waals surface area contributed by atoms with Crippen LogP contribution < -0.4 is 0 Å². The van der Waals surface area contributed by atoms with Crippen LogP contribution in [0, 0.1) is 0 Å². The summed E-state index contributed by atoms with van der Waals surface area (Å²) >= 11 is 13.3. The van der Waals surface area contributed by atoms with Gasteiger partial charge < -0.3 is 8.83 Å². The quantitative estimate of drug-likeness (QED) is 0.334. The highest BCUT2D eigenvalue weighted by molar-refractivity contribution is 7.99. The lowest BCUT2D eigenvalue weighted by atomic mass is 10.1. The van der Waals surface area contributed by atoms with Gasteiger partial charge in [0.15, 0.2) is 11.5 Å². The predicted octanol–water partition coefficient (Wildman–Crippen LogP) is 4.97. The first-order chi connectivity index (χ1) is 12.0. The van der Waals surface area contributed by atoms with Crippen LogP contribution in [0.4, 0.5) is 0 Å². The zero-order valence-electron chi connectivity index (χ0n) is 12.8. The fraction of sp³-hybridized carbons (Fsp3) is 0.235. The van der Waals surface area contributed by atoms with Crippen molar-refractivity contribution in [1.29, 1.82) is 0 Å². The first kappa shape index (κ1) is 16.7. The first-order valence-electron chi connectivity index (χ1n) is 7.54. The molecule has 0 spiro atoms. The van der Waals surface area contributed by atoms with Crippen LogP contribution in [-0.2, 0) is 0 Å². The fourth-order valence-electron chi connectivity index (χ4n) is 2.45. The number of hydrogen-bond donors (Lipinski definition) is 0. The summed E-state index contributed by atoms with van der Waals surface area (Å²) in [5, 5.41) is 8.12. The van der Waals surface area contributed by atoms with E-state index in [2.05, 4.69) is 10.2 Å². The van der Waals surface area contributed by atoms with Crippen molar-refractivity contribution < 1.29 is 13.6 Å². The smallest absolute Gasteiger partial charge is 0.284 e. The summed E-state index contributed by atoms with van der Waals surface area (Å²) in [6.45, 7) is 0. The maximum absolute atomic E-state index is 12.3. The number of alkyl halides is 2. The number of benzene rings is 1. The molecule has 1 atom stereocenters. The molecule has 0 radical (unpaired) electrons. The van der Waals surface area contributed by atoms with Crippen LogP contribution in [-0.4, -0.2) is 26.1 Å². The fourth-order valence-corrected chi connectivity index (χ4v) is 3.67. The van der Waals surface area contributed by atoms with E-state index in [0.29, 0.717) is 22.4 Å². The molecular weight excluding hydrogens is 383 g/mol. The average molecular weight is 395 g/mol. The molecule has 2 aromatic heterocycles. The van der Waals surface area contributed by atoms with Gasteiger partial charge in [0.25, 0.3) is 11.1 Å². The molecule has 0 bridgehead atoms. The first-order valence-corrected chi connectivity index (χ1v) is 9.28. The van der Waals surface area contributed by atoms with E-state index in [1.54, 1.807) is 24.3 Å². The highest BCUT2D eigenvalue weighted by atomic mass is 35.5. The molecule has 8 heteroatoms. The second kappa shape index (κ2) is 6.52. The molecule has 0 amide bonds. The van der Waals surface area contributed by atoms with E-state index in [1.807, 2.05) is 12.1 Å². The van der Waals surface area contributed by atoms with Crippen molar-refractivity contribution in [3.05, 3.63) is 53.8 Å². The van der Waals surface area contributed by atoms with E-state index in [9.17, 15) is 4.79 Å². The maximum Gasteiger partial charge on any atom is 0.284 e. The zero-order chi connectivity index (χ0) is 17.4. The number of aromatic nitrogens is 2. The minimum absolute atomic E-state index is 0.0203. The van der Waals surface area contributed by atoms with Gasteiger partial charge in [-0.2, -0.15) is 0 Å². The van der Waals surface area contributed by atoms with Crippen LogP contribution in [0.3, 0.4) is 0 Å². The third kappa shape index (κ3) is 3.61. The molecule has 25 heavy (non-hydrogen) atoms. The van der Waals surface area contributed by atoms with Crippen LogP contribution >= 0.6 is 35.0 Å². The Labute approximate surface area is 157 Å². The van der Waals surface area contributed by atoms with Crippen molar-refractivity contribution in [2.75, 3.05) is 5.75 Å². The lowest BCUT2D eigenvalue weighted by Crippen LogP contribution is -2.02. The number of rotatable bonds is 6. The lowest BCUT2D eigenvalue weighted by Gasteiger charge is -2.03. The third-order valence-corrected chi connectivity index (χ3v) is 5.58. The van der Waals surface area contributed by atoms with Crippen molar-refractivity contribution in [3.63, 3.8) is 0 Å². The Morgan fingerprint density at radius 1 is 1.24 bits per heavy atom. The normalized spacial score (nSPS) is 18.2. The Bertz CT molecular complexity index is 891. The average Bonchev–Trinajstić information content (AvgIpc) is 3.06. The van der Waals surface area contributed by atoms with Gasteiger partial charge in [-0.3, -0.25) is 4.79 Å². The van der Waals surface area contributed by atoms with Crippen LogP contribution in [0.5, 0.6) is 0 Å². The second-order valence-electron chi connectivity index (χ2n) is 5.70. The highest BCUT2D eigenvalue weighted by Crippen LogP contribution is 2.59. The molecule has 0 N–H and O–H groups in total. The molecular formula is C17H12Cl2N2O3S. The van der Waals surface area contributed by atoms with E-state index in [1.165, 1.54) is 18.0 Å². The largest absolute Gasteiger partial charge is 0.459 e. The van der Waals surface area contributed by atoms with Gasteiger partial charge in [0, 0.05) is 11.5 Å². The summed E-state index contributed by atoms with van der Waals surface area (Å²) in [6, 6.07) is 10.9. The number of ketones is 1. The summed E-state index contributed by atoms with van der Waals surface area (Å²) in [6.07, 6.45) is 2.27. The molecule has 4 rings (SSSR count). The lowest BCUT2D eigenvalue weighted by molar-refractivity contribution is 0.102. The number of nitrogens with zero attached hydrogens (tertiary/aromatic N) is 2. The Balaban J connectivity index is 1.36. The van der Waals surface area contributed by atoms with E-state index in [4.69, 9.17) is 32.0 Å². The number of carbonyl (C=O) groups excluding carboxylic acids is 1. The molecule has 1 aliphatic rings. The molecule has 0 saturated heterocycles. The van der Waals surface area contributed by atoms with Gasteiger partial charge >= 0.3 is 0 Å². The molecule has 1 fully saturated rings. The summed E-state index contributed by atoms with van der Waals surface area (Å²) in [5.74, 6) is 1.12. The summed E-state index contributed by atoms with van der Waals surface area (Å²) in [5.41, 5.74) is 1.67. The number of carbonyl (C=O) groups is 1. The van der Waals surface area contributed by atoms with Gasteiger partial charge in [-0.25, -0.2) is 0 Å². The molecule has 1 aromatic carbocycles. The van der Waals surface area contributed by atoms with E-state index in [0.717, 1.165) is 12.0 Å². The van der Waals surface area contributed by atoms with Crippen molar-refractivity contribution in [2.24, 2.45) is 0 Å². The predicted molar refractivity (Wildman–Crippen MR) is 95.3 cm³/mol. The Morgan fingerprint density at radius 3 is 2.64 bits per heavy atom. The molecule has 0 unspecified atom stereocenters. The standard InChI is InChI=1S/C17H12Cl2N2O3S/c18-17(19)8-12(17)10-3-5-11(6-4-10)13(22)9-25-16-21-20-15(24-16)14-2-1-7-23-14/h1-7,12H,8-9H2/t12-/m1/s1. The monoisotopic (exact) mass is 394 g/mol. The zero-order valence-corrected chi connectivity index (χ0v) is 15.1. The summed E-state index contributed by atoms with van der Waals surface area (Å²) in [4.78, 5) is 12.3. The van der Waals surface area contributed by atoms with Gasteiger partial charge in [-0.05, 0) is 24.1 Å². The second-order valence-corrected chi connectivity index (χ2v) is 8.17. The third-order valence-electron chi connectivity index (χ3n) is 3.93.